The van der Waals surface area contributed by atoms with Gasteiger partial charge in [0.2, 0.25) is 0 Å². The number of aromatic nitrogens is 2. The minimum absolute atomic E-state index is 0.129. The van der Waals surface area contributed by atoms with Gasteiger partial charge < -0.3 is 9.88 Å². The van der Waals surface area contributed by atoms with E-state index in [1.54, 1.807) is 12.3 Å². The van der Waals surface area contributed by atoms with Crippen LogP contribution in [0.15, 0.2) is 35.1 Å². The first-order chi connectivity index (χ1) is 8.99. The second-order valence-electron chi connectivity index (χ2n) is 4.64. The highest BCUT2D eigenvalue weighted by Gasteiger charge is 2.15. The molecule has 100 valence electrons. The molecule has 1 amide bonds. The molecule has 0 atom stereocenters. The summed E-state index contributed by atoms with van der Waals surface area (Å²) in [6.45, 7) is 5.95. The molecule has 0 spiro atoms. The molecule has 0 fully saturated rings. The molecule has 5 heteroatoms. The third-order valence-electron chi connectivity index (χ3n) is 2.86. The first-order valence-electron chi connectivity index (χ1n) is 6.09. The van der Waals surface area contributed by atoms with E-state index in [1.165, 1.54) is 0 Å². The third-order valence-corrected chi connectivity index (χ3v) is 3.29. The molecule has 0 saturated carbocycles. The van der Waals surface area contributed by atoms with Crippen LogP contribution in [0, 0.1) is 6.92 Å². The number of halogens is 1. The number of carbonyl (C=O) groups is 1. The molecular weight excluding hydrogens is 306 g/mol. The van der Waals surface area contributed by atoms with E-state index in [4.69, 9.17) is 0 Å². The van der Waals surface area contributed by atoms with E-state index in [9.17, 15) is 4.79 Å². The zero-order chi connectivity index (χ0) is 14.0. The Morgan fingerprint density at radius 2 is 2.21 bits per heavy atom. The van der Waals surface area contributed by atoms with Gasteiger partial charge in [-0.1, -0.05) is 0 Å². The van der Waals surface area contributed by atoms with E-state index in [0.717, 1.165) is 15.9 Å². The van der Waals surface area contributed by atoms with Gasteiger partial charge in [-0.2, -0.15) is 0 Å². The van der Waals surface area contributed by atoms with Crippen molar-refractivity contribution < 1.29 is 4.79 Å². The largest absolute Gasteiger partial charge is 0.340 e. The Hall–Kier alpha value is -1.62. The van der Waals surface area contributed by atoms with Crippen LogP contribution < -0.4 is 5.32 Å². The lowest BCUT2D eigenvalue weighted by atomic mass is 10.3. The van der Waals surface area contributed by atoms with E-state index in [2.05, 4.69) is 26.2 Å². The van der Waals surface area contributed by atoms with Gasteiger partial charge in [0.15, 0.2) is 0 Å². The highest BCUT2D eigenvalue weighted by molar-refractivity contribution is 9.10. The van der Waals surface area contributed by atoms with Crippen molar-refractivity contribution in [1.29, 1.82) is 0 Å². The van der Waals surface area contributed by atoms with Gasteiger partial charge in [0.05, 0.1) is 11.4 Å². The Bertz CT molecular complexity index is 604. The van der Waals surface area contributed by atoms with Gasteiger partial charge >= 0.3 is 0 Å². The molecule has 2 aromatic heterocycles. The molecular formula is C14H16BrN3O. The van der Waals surface area contributed by atoms with Crippen LogP contribution in [0.2, 0.25) is 0 Å². The van der Waals surface area contributed by atoms with Crippen LogP contribution in [-0.2, 0) is 0 Å². The van der Waals surface area contributed by atoms with Crippen LogP contribution in [0.1, 0.15) is 36.1 Å². The zero-order valence-electron chi connectivity index (χ0n) is 11.1. The predicted octanol–water partition coefficient (Wildman–Crippen LogP) is 3.79. The number of nitrogens with zero attached hydrogens (tertiary/aromatic N) is 2. The monoisotopic (exact) mass is 321 g/mol. The average Bonchev–Trinajstić information content (AvgIpc) is 2.74. The van der Waals surface area contributed by atoms with Gasteiger partial charge in [0.25, 0.3) is 5.91 Å². The van der Waals surface area contributed by atoms with Crippen LogP contribution in [-0.4, -0.2) is 15.5 Å². The fourth-order valence-corrected chi connectivity index (χ4v) is 2.29. The lowest BCUT2D eigenvalue weighted by molar-refractivity contribution is 0.101. The summed E-state index contributed by atoms with van der Waals surface area (Å²) in [6.07, 6.45) is 3.62. The molecule has 2 heterocycles. The number of carbonyl (C=O) groups excluding carboxylic acids is 1. The van der Waals surface area contributed by atoms with Gasteiger partial charge in [0.1, 0.15) is 5.69 Å². The molecule has 0 aliphatic carbocycles. The molecule has 0 aliphatic rings. The Labute approximate surface area is 121 Å². The number of hydrogen-bond acceptors (Lipinski definition) is 2. The van der Waals surface area contributed by atoms with Gasteiger partial charge in [-0.05, 0) is 54.9 Å². The smallest absolute Gasteiger partial charge is 0.272 e. The molecule has 0 radical (unpaired) electrons. The number of aryl methyl sites for hydroxylation is 1. The van der Waals surface area contributed by atoms with Crippen molar-refractivity contribution in [2.75, 3.05) is 5.32 Å². The molecule has 0 aliphatic heterocycles. The molecule has 0 unspecified atom stereocenters. The molecule has 0 saturated heterocycles. The second-order valence-corrected chi connectivity index (χ2v) is 5.55. The molecule has 2 aromatic rings. The van der Waals surface area contributed by atoms with E-state index in [-0.39, 0.29) is 11.9 Å². The molecule has 1 N–H and O–H groups in total. The van der Waals surface area contributed by atoms with Crippen molar-refractivity contribution in [2.24, 2.45) is 0 Å². The summed E-state index contributed by atoms with van der Waals surface area (Å²) in [7, 11) is 0. The van der Waals surface area contributed by atoms with Crippen molar-refractivity contribution in [3.05, 3.63) is 46.5 Å². The summed E-state index contributed by atoms with van der Waals surface area (Å²) in [4.78, 5) is 16.5. The SMILES string of the molecule is Cc1ncccc1NC(=O)c1cc(Br)cn1C(C)C. The quantitative estimate of drug-likeness (QED) is 0.934. The number of pyridine rings is 1. The summed E-state index contributed by atoms with van der Waals surface area (Å²) in [5.74, 6) is -0.129. The molecule has 19 heavy (non-hydrogen) atoms. The maximum Gasteiger partial charge on any atom is 0.272 e. The third kappa shape index (κ3) is 3.04. The number of hydrogen-bond donors (Lipinski definition) is 1. The molecule has 0 bridgehead atoms. The Kier molecular flexibility index (Phi) is 4.04. The Morgan fingerprint density at radius 1 is 1.47 bits per heavy atom. The first kappa shape index (κ1) is 13.8. The highest BCUT2D eigenvalue weighted by Crippen LogP contribution is 2.21. The summed E-state index contributed by atoms with van der Waals surface area (Å²) in [5, 5.41) is 2.89. The van der Waals surface area contributed by atoms with E-state index in [0.29, 0.717) is 5.69 Å². The minimum Gasteiger partial charge on any atom is -0.340 e. The van der Waals surface area contributed by atoms with Crippen molar-refractivity contribution in [3.63, 3.8) is 0 Å². The predicted molar refractivity (Wildman–Crippen MR) is 79.4 cm³/mol. The van der Waals surface area contributed by atoms with Crippen LogP contribution in [0.25, 0.3) is 0 Å². The number of nitrogens with one attached hydrogen (secondary N) is 1. The fourth-order valence-electron chi connectivity index (χ4n) is 1.86. The zero-order valence-corrected chi connectivity index (χ0v) is 12.7. The van der Waals surface area contributed by atoms with Crippen LogP contribution >= 0.6 is 15.9 Å². The highest BCUT2D eigenvalue weighted by atomic mass is 79.9. The summed E-state index contributed by atoms with van der Waals surface area (Å²) in [6, 6.07) is 5.70. The van der Waals surface area contributed by atoms with Gasteiger partial charge in [-0.3, -0.25) is 9.78 Å². The van der Waals surface area contributed by atoms with Gasteiger partial charge in [-0.15, -0.1) is 0 Å². The standard InChI is InChI=1S/C14H16BrN3O/c1-9(2)18-8-11(15)7-13(18)14(19)17-12-5-4-6-16-10(12)3/h4-9H,1-3H3,(H,17,19). The Morgan fingerprint density at radius 3 is 2.84 bits per heavy atom. The van der Waals surface area contributed by atoms with Gasteiger partial charge in [0, 0.05) is 22.9 Å². The van der Waals surface area contributed by atoms with Crippen molar-refractivity contribution >= 4 is 27.5 Å². The van der Waals surface area contributed by atoms with Crippen LogP contribution in [0.5, 0.6) is 0 Å². The molecule has 4 nitrogen and oxygen atoms in total. The second kappa shape index (κ2) is 5.57. The van der Waals surface area contributed by atoms with Gasteiger partial charge in [-0.25, -0.2) is 0 Å². The maximum atomic E-state index is 12.3. The summed E-state index contributed by atoms with van der Waals surface area (Å²) < 4.78 is 2.83. The first-order valence-corrected chi connectivity index (χ1v) is 6.88. The fraction of sp³-hybridized carbons (Fsp3) is 0.286. The lowest BCUT2D eigenvalue weighted by Crippen LogP contribution is -2.18. The van der Waals surface area contributed by atoms with Crippen molar-refractivity contribution in [1.82, 2.24) is 9.55 Å². The summed E-state index contributed by atoms with van der Waals surface area (Å²) >= 11 is 3.41. The normalized spacial score (nSPS) is 10.8. The van der Waals surface area contributed by atoms with Crippen LogP contribution in [0.3, 0.4) is 0 Å². The van der Waals surface area contributed by atoms with Crippen LogP contribution in [0.4, 0.5) is 5.69 Å². The van der Waals surface area contributed by atoms with E-state index < -0.39 is 0 Å². The maximum absolute atomic E-state index is 12.3. The summed E-state index contributed by atoms with van der Waals surface area (Å²) in [5.41, 5.74) is 2.17. The molecule has 2 rings (SSSR count). The average molecular weight is 322 g/mol. The molecule has 0 aromatic carbocycles. The van der Waals surface area contributed by atoms with Crippen molar-refractivity contribution in [2.45, 2.75) is 26.8 Å². The minimum atomic E-state index is -0.129. The number of amides is 1. The van der Waals surface area contributed by atoms with Crippen molar-refractivity contribution in [3.8, 4) is 0 Å². The number of rotatable bonds is 3. The topological polar surface area (TPSA) is 46.9 Å². The number of anilines is 1. The van der Waals surface area contributed by atoms with E-state index in [1.807, 2.05) is 43.7 Å². The van der Waals surface area contributed by atoms with E-state index >= 15 is 0 Å². The lowest BCUT2D eigenvalue weighted by Gasteiger charge is -2.13. The Balaban J connectivity index is 2.28.